The fourth-order valence-corrected chi connectivity index (χ4v) is 3.50. The summed E-state index contributed by atoms with van der Waals surface area (Å²) < 4.78 is 17.0. The molecule has 0 saturated carbocycles. The normalized spacial score (nSPS) is 22.4. The lowest BCUT2D eigenvalue weighted by molar-refractivity contribution is -0.238. The number of rotatable bonds is 12. The van der Waals surface area contributed by atoms with Gasteiger partial charge in [-0.2, -0.15) is 0 Å². The molecule has 1 heterocycles. The number of hydrogen-bond donors (Lipinski definition) is 0. The predicted octanol–water partition coefficient (Wildman–Crippen LogP) is 6.12. The maximum atomic E-state index is 11.7. The van der Waals surface area contributed by atoms with E-state index in [0.29, 0.717) is 6.42 Å². The van der Waals surface area contributed by atoms with Crippen LogP contribution in [0.15, 0.2) is 42.5 Å². The minimum atomic E-state index is -0.446. The molecule has 3 atom stereocenters. The van der Waals surface area contributed by atoms with Crippen LogP contribution in [0.3, 0.4) is 0 Å². The van der Waals surface area contributed by atoms with Crippen LogP contribution in [-0.2, 0) is 19.0 Å². The van der Waals surface area contributed by atoms with E-state index in [2.05, 4.69) is 19.1 Å². The van der Waals surface area contributed by atoms with Crippen molar-refractivity contribution in [2.24, 2.45) is 0 Å². The first-order chi connectivity index (χ1) is 13.7. The molecule has 1 fully saturated rings. The summed E-state index contributed by atoms with van der Waals surface area (Å²) in [6.07, 6.45) is 14.9. The smallest absolute Gasteiger partial charge is 0.308 e. The maximum Gasteiger partial charge on any atom is 0.308 e. The molecule has 4 nitrogen and oxygen atoms in total. The van der Waals surface area contributed by atoms with E-state index in [4.69, 9.17) is 14.2 Å². The van der Waals surface area contributed by atoms with Gasteiger partial charge in [0, 0.05) is 12.0 Å². The summed E-state index contributed by atoms with van der Waals surface area (Å²) in [5, 5.41) is 0. The van der Waals surface area contributed by atoms with Crippen molar-refractivity contribution in [2.45, 2.75) is 89.6 Å². The Morgan fingerprint density at radius 1 is 1.07 bits per heavy atom. The lowest BCUT2D eigenvalue weighted by Gasteiger charge is -2.34. The summed E-state index contributed by atoms with van der Waals surface area (Å²) in [5.41, 5.74) is 0.975. The number of allylic oxidation sites excluding steroid dienone is 1. The van der Waals surface area contributed by atoms with Gasteiger partial charge in [-0.1, -0.05) is 87.9 Å². The first-order valence-corrected chi connectivity index (χ1v) is 10.8. The standard InChI is InChI=1S/C24H36O4/c1-3-4-5-6-7-8-9-10-14-17-21-18-22(19-23(25)26-2)28-24(27-21)20-15-12-11-13-16-20/h11-17,21-22,24H,3-10,18-19H2,1-2H3/b17-14+/t21-,22-,24+/m0/s1. The van der Waals surface area contributed by atoms with Crippen LogP contribution in [0.2, 0.25) is 0 Å². The molecular weight excluding hydrogens is 352 g/mol. The monoisotopic (exact) mass is 388 g/mol. The number of hydrogen-bond acceptors (Lipinski definition) is 4. The molecule has 1 saturated heterocycles. The highest BCUT2D eigenvalue weighted by molar-refractivity contribution is 5.69. The Kier molecular flexibility index (Phi) is 10.9. The quantitative estimate of drug-likeness (QED) is 0.246. The Morgan fingerprint density at radius 2 is 1.79 bits per heavy atom. The second kappa shape index (κ2) is 13.5. The van der Waals surface area contributed by atoms with Gasteiger partial charge in [0.25, 0.3) is 0 Å². The van der Waals surface area contributed by atoms with Gasteiger partial charge in [0.05, 0.1) is 25.7 Å². The van der Waals surface area contributed by atoms with Crippen LogP contribution in [0.25, 0.3) is 0 Å². The Morgan fingerprint density at radius 3 is 2.50 bits per heavy atom. The average Bonchev–Trinajstić information content (AvgIpc) is 2.73. The molecule has 0 spiro atoms. The zero-order valence-electron chi connectivity index (χ0n) is 17.5. The zero-order chi connectivity index (χ0) is 20.0. The van der Waals surface area contributed by atoms with Crippen LogP contribution in [0.5, 0.6) is 0 Å². The highest BCUT2D eigenvalue weighted by Gasteiger charge is 2.31. The highest BCUT2D eigenvalue weighted by Crippen LogP contribution is 2.31. The van der Waals surface area contributed by atoms with Gasteiger partial charge in [-0.3, -0.25) is 4.79 Å². The third kappa shape index (κ3) is 8.57. The third-order valence-corrected chi connectivity index (χ3v) is 5.13. The molecule has 0 bridgehead atoms. The Labute approximate surface area is 170 Å². The molecule has 2 rings (SSSR count). The molecule has 1 aromatic carbocycles. The number of unbranched alkanes of at least 4 members (excludes halogenated alkanes) is 7. The van der Waals surface area contributed by atoms with Gasteiger partial charge < -0.3 is 14.2 Å². The molecule has 0 aliphatic carbocycles. The van der Waals surface area contributed by atoms with E-state index in [1.165, 1.54) is 52.1 Å². The molecule has 28 heavy (non-hydrogen) atoms. The summed E-state index contributed by atoms with van der Waals surface area (Å²) in [7, 11) is 1.41. The molecule has 0 aromatic heterocycles. The van der Waals surface area contributed by atoms with E-state index in [1.54, 1.807) is 0 Å². The van der Waals surface area contributed by atoms with E-state index in [-0.39, 0.29) is 24.6 Å². The average molecular weight is 389 g/mol. The summed E-state index contributed by atoms with van der Waals surface area (Å²) in [5.74, 6) is -0.246. The van der Waals surface area contributed by atoms with E-state index in [0.717, 1.165) is 12.0 Å². The molecule has 1 aliphatic heterocycles. The lowest BCUT2D eigenvalue weighted by atomic mass is 10.0. The van der Waals surface area contributed by atoms with E-state index < -0.39 is 6.29 Å². The van der Waals surface area contributed by atoms with Crippen molar-refractivity contribution in [3.05, 3.63) is 48.0 Å². The summed E-state index contributed by atoms with van der Waals surface area (Å²) >= 11 is 0. The molecular formula is C24H36O4. The first-order valence-electron chi connectivity index (χ1n) is 10.8. The van der Waals surface area contributed by atoms with Crippen molar-refractivity contribution in [2.75, 3.05) is 7.11 Å². The third-order valence-electron chi connectivity index (χ3n) is 5.13. The molecule has 0 unspecified atom stereocenters. The second-order valence-electron chi connectivity index (χ2n) is 7.53. The van der Waals surface area contributed by atoms with Crippen molar-refractivity contribution in [3.8, 4) is 0 Å². The first kappa shape index (κ1) is 22.6. The van der Waals surface area contributed by atoms with Crippen LogP contribution < -0.4 is 0 Å². The van der Waals surface area contributed by atoms with Crippen LogP contribution in [0.1, 0.15) is 83.0 Å². The Bertz CT molecular complexity index is 569. The summed E-state index contributed by atoms with van der Waals surface area (Å²) in [4.78, 5) is 11.7. The Balaban J connectivity index is 1.81. The molecule has 1 aromatic rings. The minimum Gasteiger partial charge on any atom is -0.469 e. The molecule has 0 radical (unpaired) electrons. The molecule has 0 N–H and O–H groups in total. The number of esters is 1. The van der Waals surface area contributed by atoms with Crippen LogP contribution in [0, 0.1) is 0 Å². The van der Waals surface area contributed by atoms with Gasteiger partial charge in [0.1, 0.15) is 0 Å². The van der Waals surface area contributed by atoms with Crippen molar-refractivity contribution >= 4 is 5.97 Å². The van der Waals surface area contributed by atoms with Gasteiger partial charge in [-0.25, -0.2) is 0 Å². The number of carbonyl (C=O) groups excluding carboxylic acids is 1. The minimum absolute atomic E-state index is 0.0434. The molecule has 156 valence electrons. The Hall–Kier alpha value is -1.65. The van der Waals surface area contributed by atoms with Gasteiger partial charge >= 0.3 is 5.97 Å². The summed E-state index contributed by atoms with van der Waals surface area (Å²) in [6, 6.07) is 9.89. The van der Waals surface area contributed by atoms with Gasteiger partial charge in [0.15, 0.2) is 6.29 Å². The second-order valence-corrected chi connectivity index (χ2v) is 7.53. The van der Waals surface area contributed by atoms with Gasteiger partial charge in [0.2, 0.25) is 0 Å². The van der Waals surface area contributed by atoms with E-state index >= 15 is 0 Å². The SMILES string of the molecule is CCCCCCCCC/C=C/[C@H]1C[C@@H](CC(=O)OC)O[C@H](c2ccccc2)O1. The van der Waals surface area contributed by atoms with Crippen molar-refractivity contribution in [1.29, 1.82) is 0 Å². The molecule has 4 heteroatoms. The number of carbonyl (C=O) groups is 1. The summed E-state index contributed by atoms with van der Waals surface area (Å²) in [6.45, 7) is 2.25. The van der Waals surface area contributed by atoms with Crippen molar-refractivity contribution < 1.29 is 19.0 Å². The van der Waals surface area contributed by atoms with Crippen molar-refractivity contribution in [1.82, 2.24) is 0 Å². The fourth-order valence-electron chi connectivity index (χ4n) is 3.50. The van der Waals surface area contributed by atoms with E-state index in [1.807, 2.05) is 30.3 Å². The predicted molar refractivity (Wildman–Crippen MR) is 112 cm³/mol. The largest absolute Gasteiger partial charge is 0.469 e. The van der Waals surface area contributed by atoms with Crippen molar-refractivity contribution in [3.63, 3.8) is 0 Å². The lowest BCUT2D eigenvalue weighted by Crippen LogP contribution is -2.34. The molecule has 1 aliphatic rings. The van der Waals surface area contributed by atoms with Crippen LogP contribution >= 0.6 is 0 Å². The number of benzene rings is 1. The molecule has 0 amide bonds. The maximum absolute atomic E-state index is 11.7. The van der Waals surface area contributed by atoms with Gasteiger partial charge in [-0.15, -0.1) is 0 Å². The highest BCUT2D eigenvalue weighted by atomic mass is 16.7. The zero-order valence-corrected chi connectivity index (χ0v) is 17.5. The van der Waals surface area contributed by atoms with Gasteiger partial charge in [-0.05, 0) is 12.8 Å². The van der Waals surface area contributed by atoms with Crippen LogP contribution in [-0.4, -0.2) is 25.3 Å². The van der Waals surface area contributed by atoms with E-state index in [9.17, 15) is 4.79 Å². The number of methoxy groups -OCH3 is 1. The number of ether oxygens (including phenoxy) is 3. The van der Waals surface area contributed by atoms with Crippen LogP contribution in [0.4, 0.5) is 0 Å². The topological polar surface area (TPSA) is 44.8 Å². The fraction of sp³-hybridized carbons (Fsp3) is 0.625.